The Morgan fingerprint density at radius 3 is 2.95 bits per heavy atom. The van der Waals surface area contributed by atoms with Crippen LogP contribution in [0.2, 0.25) is 0 Å². The predicted octanol–water partition coefficient (Wildman–Crippen LogP) is 0.0205. The molecule has 8 nitrogen and oxygen atoms in total. The van der Waals surface area contributed by atoms with Crippen molar-refractivity contribution in [2.75, 3.05) is 19.0 Å². The minimum Gasteiger partial charge on any atom is -0.461 e. The summed E-state index contributed by atoms with van der Waals surface area (Å²) in [6.07, 6.45) is 1.16. The van der Waals surface area contributed by atoms with Crippen molar-refractivity contribution in [2.45, 2.75) is 19.4 Å². The number of hydrogen-bond acceptors (Lipinski definition) is 7. The maximum absolute atomic E-state index is 11.6. The maximum atomic E-state index is 11.6. The van der Waals surface area contributed by atoms with E-state index in [2.05, 4.69) is 10.3 Å². The number of esters is 1. The molecular formula is C11H13N3O5. The summed E-state index contributed by atoms with van der Waals surface area (Å²) in [7, 11) is 1.41. The third-order valence-corrected chi connectivity index (χ3v) is 2.67. The van der Waals surface area contributed by atoms with Crippen LogP contribution in [0.25, 0.3) is 0 Å². The number of aromatic nitrogens is 1. The molecule has 1 unspecified atom stereocenters. The zero-order valence-corrected chi connectivity index (χ0v) is 10.5. The molecule has 1 aliphatic rings. The molecule has 1 fully saturated rings. The summed E-state index contributed by atoms with van der Waals surface area (Å²) in [5, 5.41) is 2.67. The van der Waals surface area contributed by atoms with Gasteiger partial charge in [-0.05, 0) is 6.92 Å². The molecule has 2 heterocycles. The highest BCUT2D eigenvalue weighted by molar-refractivity contribution is 6.06. The standard InChI is InChI=1S/C11H13N3O5/c1-3-18-10(17)7-5-19-11(13-7)12-6-4-8(15)14(2)9(6)16/h5-6H,3-4H2,1-2H3,(H,12,13). The molecule has 0 bridgehead atoms. The molecule has 102 valence electrons. The Bertz CT molecular complexity index is 524. The van der Waals surface area contributed by atoms with Crippen LogP contribution in [0.4, 0.5) is 6.01 Å². The van der Waals surface area contributed by atoms with E-state index in [1.807, 2.05) is 0 Å². The van der Waals surface area contributed by atoms with Crippen LogP contribution in [0.3, 0.4) is 0 Å². The molecule has 1 aliphatic heterocycles. The van der Waals surface area contributed by atoms with Crippen molar-refractivity contribution in [1.29, 1.82) is 0 Å². The number of carbonyl (C=O) groups is 3. The Balaban J connectivity index is 2.03. The topological polar surface area (TPSA) is 102 Å². The van der Waals surface area contributed by atoms with E-state index in [1.54, 1.807) is 6.92 Å². The number of hydrogen-bond donors (Lipinski definition) is 1. The number of nitrogens with one attached hydrogen (secondary N) is 1. The number of amides is 2. The fourth-order valence-corrected chi connectivity index (χ4v) is 1.66. The van der Waals surface area contributed by atoms with Crippen molar-refractivity contribution in [1.82, 2.24) is 9.88 Å². The normalized spacial score (nSPS) is 18.8. The smallest absolute Gasteiger partial charge is 0.360 e. The van der Waals surface area contributed by atoms with Gasteiger partial charge in [-0.3, -0.25) is 14.5 Å². The number of rotatable bonds is 4. The summed E-state index contributed by atoms with van der Waals surface area (Å²) in [4.78, 5) is 39.2. The Labute approximate surface area is 108 Å². The van der Waals surface area contributed by atoms with Gasteiger partial charge in [0.1, 0.15) is 12.3 Å². The summed E-state index contributed by atoms with van der Waals surface area (Å²) in [5.41, 5.74) is 0.00878. The maximum Gasteiger partial charge on any atom is 0.360 e. The number of nitrogens with zero attached hydrogens (tertiary/aromatic N) is 2. The zero-order valence-electron chi connectivity index (χ0n) is 10.5. The molecule has 2 rings (SSSR count). The summed E-state index contributed by atoms with van der Waals surface area (Å²) in [6.45, 7) is 1.91. The quantitative estimate of drug-likeness (QED) is 0.606. The molecule has 1 saturated heterocycles. The molecule has 0 saturated carbocycles. The lowest BCUT2D eigenvalue weighted by molar-refractivity contribution is -0.136. The third kappa shape index (κ3) is 2.56. The third-order valence-electron chi connectivity index (χ3n) is 2.67. The van der Waals surface area contributed by atoms with Crippen molar-refractivity contribution >= 4 is 23.8 Å². The van der Waals surface area contributed by atoms with Gasteiger partial charge in [-0.1, -0.05) is 0 Å². The molecule has 1 atom stereocenters. The van der Waals surface area contributed by atoms with Crippen LogP contribution in [0.1, 0.15) is 23.8 Å². The fraction of sp³-hybridized carbons (Fsp3) is 0.455. The lowest BCUT2D eigenvalue weighted by Crippen LogP contribution is -2.31. The van der Waals surface area contributed by atoms with E-state index in [9.17, 15) is 14.4 Å². The van der Waals surface area contributed by atoms with E-state index in [1.165, 1.54) is 7.05 Å². The zero-order chi connectivity index (χ0) is 14.0. The number of likely N-dealkylation sites (N-methyl/N-ethyl adjacent to an activating group) is 1. The predicted molar refractivity (Wildman–Crippen MR) is 62.3 cm³/mol. The van der Waals surface area contributed by atoms with Gasteiger partial charge in [0.25, 0.3) is 11.9 Å². The van der Waals surface area contributed by atoms with Gasteiger partial charge < -0.3 is 14.5 Å². The molecule has 1 aromatic heterocycles. The Morgan fingerprint density at radius 2 is 2.37 bits per heavy atom. The molecule has 0 spiro atoms. The van der Waals surface area contributed by atoms with Crippen LogP contribution in [0, 0.1) is 0 Å². The lowest BCUT2D eigenvalue weighted by atomic mass is 10.2. The number of likely N-dealkylation sites (tertiary alicyclic amines) is 1. The number of carbonyl (C=O) groups excluding carboxylic acids is 3. The van der Waals surface area contributed by atoms with Gasteiger partial charge >= 0.3 is 5.97 Å². The number of imide groups is 1. The van der Waals surface area contributed by atoms with Crippen molar-refractivity contribution in [2.24, 2.45) is 0 Å². The molecule has 1 N–H and O–H groups in total. The largest absolute Gasteiger partial charge is 0.461 e. The number of anilines is 1. The van der Waals surface area contributed by atoms with Gasteiger partial charge in [0.05, 0.1) is 13.0 Å². The van der Waals surface area contributed by atoms with Crippen LogP contribution in [0.5, 0.6) is 0 Å². The number of oxazole rings is 1. The summed E-state index contributed by atoms with van der Waals surface area (Å²) in [5.74, 6) is -1.24. The molecule has 1 aromatic rings. The van der Waals surface area contributed by atoms with Gasteiger partial charge in [0.15, 0.2) is 5.69 Å². The molecule has 2 amide bonds. The van der Waals surface area contributed by atoms with Crippen LogP contribution in [0.15, 0.2) is 10.7 Å². The molecule has 0 aromatic carbocycles. The van der Waals surface area contributed by atoms with Gasteiger partial charge in [0, 0.05) is 7.05 Å². The average Bonchev–Trinajstić information content (AvgIpc) is 2.92. The first-order valence-electron chi connectivity index (χ1n) is 5.72. The van der Waals surface area contributed by atoms with E-state index in [-0.39, 0.29) is 36.6 Å². The molecular weight excluding hydrogens is 254 g/mol. The van der Waals surface area contributed by atoms with Gasteiger partial charge in [0.2, 0.25) is 5.91 Å². The van der Waals surface area contributed by atoms with Crippen molar-refractivity contribution in [3.63, 3.8) is 0 Å². The first-order chi connectivity index (χ1) is 9.02. The Hall–Kier alpha value is -2.38. The van der Waals surface area contributed by atoms with Gasteiger partial charge in [-0.15, -0.1) is 0 Å². The Kier molecular flexibility index (Phi) is 3.50. The van der Waals surface area contributed by atoms with Crippen molar-refractivity contribution in [3.8, 4) is 0 Å². The van der Waals surface area contributed by atoms with Crippen LogP contribution < -0.4 is 5.32 Å². The van der Waals surface area contributed by atoms with Gasteiger partial charge in [-0.25, -0.2) is 4.79 Å². The minimum absolute atomic E-state index is 0.00417. The SMILES string of the molecule is CCOC(=O)c1coc(NC2CC(=O)N(C)C2=O)n1. The first-order valence-corrected chi connectivity index (χ1v) is 5.72. The number of ether oxygens (including phenoxy) is 1. The lowest BCUT2D eigenvalue weighted by Gasteiger charge is -2.08. The summed E-state index contributed by atoms with van der Waals surface area (Å²) < 4.78 is 9.76. The van der Waals surface area contributed by atoms with Gasteiger partial charge in [-0.2, -0.15) is 4.98 Å². The second kappa shape index (κ2) is 5.09. The Morgan fingerprint density at radius 1 is 1.63 bits per heavy atom. The van der Waals surface area contributed by atoms with Crippen LogP contribution in [-0.2, 0) is 14.3 Å². The monoisotopic (exact) mass is 267 g/mol. The molecule has 19 heavy (non-hydrogen) atoms. The van der Waals surface area contributed by atoms with E-state index >= 15 is 0 Å². The minimum atomic E-state index is -0.716. The van der Waals surface area contributed by atoms with Crippen LogP contribution in [-0.4, -0.2) is 47.4 Å². The average molecular weight is 267 g/mol. The van der Waals surface area contributed by atoms with Crippen molar-refractivity contribution in [3.05, 3.63) is 12.0 Å². The summed E-state index contributed by atoms with van der Waals surface area (Å²) in [6, 6.07) is -0.712. The summed E-state index contributed by atoms with van der Waals surface area (Å²) >= 11 is 0. The van der Waals surface area contributed by atoms with E-state index in [0.29, 0.717) is 0 Å². The van der Waals surface area contributed by atoms with E-state index in [4.69, 9.17) is 9.15 Å². The fourth-order valence-electron chi connectivity index (χ4n) is 1.66. The second-order valence-electron chi connectivity index (χ2n) is 3.95. The van der Waals surface area contributed by atoms with Crippen LogP contribution >= 0.6 is 0 Å². The second-order valence-corrected chi connectivity index (χ2v) is 3.95. The van der Waals surface area contributed by atoms with E-state index < -0.39 is 12.0 Å². The molecule has 8 heteroatoms. The molecule has 0 aliphatic carbocycles. The van der Waals surface area contributed by atoms with Crippen molar-refractivity contribution < 1.29 is 23.5 Å². The first kappa shape index (κ1) is 13.1. The molecule has 0 radical (unpaired) electrons. The highest BCUT2D eigenvalue weighted by Gasteiger charge is 2.36. The highest BCUT2D eigenvalue weighted by atomic mass is 16.5. The van der Waals surface area contributed by atoms with E-state index in [0.717, 1.165) is 11.2 Å². The highest BCUT2D eigenvalue weighted by Crippen LogP contribution is 2.17.